The van der Waals surface area contributed by atoms with Crippen LogP contribution in [-0.2, 0) is 9.05 Å². The van der Waals surface area contributed by atoms with E-state index in [2.05, 4.69) is 5.92 Å². The third kappa shape index (κ3) is 2.91. The molecule has 0 aliphatic carbocycles. The first-order valence-electron chi connectivity index (χ1n) is 4.48. The van der Waals surface area contributed by atoms with E-state index in [1.165, 1.54) is 12.1 Å². The van der Waals surface area contributed by atoms with E-state index < -0.39 is 9.05 Å². The van der Waals surface area contributed by atoms with Gasteiger partial charge in [0.2, 0.25) is 0 Å². The molecule has 0 aliphatic heterocycles. The van der Waals surface area contributed by atoms with E-state index in [4.69, 9.17) is 21.8 Å². The van der Waals surface area contributed by atoms with Crippen molar-refractivity contribution in [3.63, 3.8) is 0 Å². The number of terminal acetylenes is 1. The van der Waals surface area contributed by atoms with Gasteiger partial charge in [0.15, 0.2) is 0 Å². The first-order valence-corrected chi connectivity index (χ1v) is 6.79. The molecule has 1 aromatic rings. The maximum atomic E-state index is 11.2. The minimum Gasteiger partial charge on any atom is -0.480 e. The lowest BCUT2D eigenvalue weighted by Gasteiger charge is -2.11. The third-order valence-electron chi connectivity index (χ3n) is 2.02. The summed E-state index contributed by atoms with van der Waals surface area (Å²) in [4.78, 5) is 0.0669. The van der Waals surface area contributed by atoms with Crippen LogP contribution in [0.15, 0.2) is 17.0 Å². The lowest BCUT2D eigenvalue weighted by Crippen LogP contribution is -2.00. The summed E-state index contributed by atoms with van der Waals surface area (Å²) in [6.07, 6.45) is 5.08. The average molecular weight is 259 g/mol. The monoisotopic (exact) mass is 258 g/mol. The number of hydrogen-bond acceptors (Lipinski definition) is 3. The summed E-state index contributed by atoms with van der Waals surface area (Å²) in [7, 11) is 1.55. The smallest absolute Gasteiger partial charge is 0.261 e. The van der Waals surface area contributed by atoms with Crippen LogP contribution in [-0.4, -0.2) is 15.0 Å². The Kier molecular flexibility index (Phi) is 3.84. The molecule has 3 nitrogen and oxygen atoms in total. The molecule has 1 rings (SSSR count). The van der Waals surface area contributed by atoms with Gasteiger partial charge in [0.1, 0.15) is 12.4 Å². The highest BCUT2D eigenvalue weighted by Crippen LogP contribution is 2.28. The average Bonchev–Trinajstić information content (AvgIpc) is 2.15. The molecule has 86 valence electrons. The molecule has 5 heteroatoms. The van der Waals surface area contributed by atoms with Crippen LogP contribution in [0.5, 0.6) is 5.75 Å². The summed E-state index contributed by atoms with van der Waals surface area (Å²) in [6.45, 7) is 3.63. The summed E-state index contributed by atoms with van der Waals surface area (Å²) in [5.74, 6) is 2.95. The first kappa shape index (κ1) is 12.9. The number of ether oxygens (including phenoxy) is 1. The highest BCUT2D eigenvalue weighted by molar-refractivity contribution is 8.13. The molecular formula is C11H11ClO3S. The second-order valence-corrected chi connectivity index (χ2v) is 5.88. The van der Waals surface area contributed by atoms with Crippen molar-refractivity contribution in [2.45, 2.75) is 18.7 Å². The fourth-order valence-electron chi connectivity index (χ4n) is 1.39. The first-order chi connectivity index (χ1) is 7.36. The van der Waals surface area contributed by atoms with Crippen LogP contribution in [0, 0.1) is 26.2 Å². The van der Waals surface area contributed by atoms with Gasteiger partial charge in [-0.25, -0.2) is 8.42 Å². The molecule has 0 aliphatic rings. The highest BCUT2D eigenvalue weighted by Gasteiger charge is 2.14. The fourth-order valence-corrected chi connectivity index (χ4v) is 2.30. The van der Waals surface area contributed by atoms with Crippen LogP contribution in [0.25, 0.3) is 0 Å². The second-order valence-electron chi connectivity index (χ2n) is 3.32. The van der Waals surface area contributed by atoms with Crippen molar-refractivity contribution in [3.8, 4) is 18.1 Å². The highest BCUT2D eigenvalue weighted by atomic mass is 35.7. The summed E-state index contributed by atoms with van der Waals surface area (Å²) >= 11 is 0. The van der Waals surface area contributed by atoms with E-state index >= 15 is 0 Å². The van der Waals surface area contributed by atoms with Crippen molar-refractivity contribution < 1.29 is 13.2 Å². The van der Waals surface area contributed by atoms with Crippen molar-refractivity contribution in [1.82, 2.24) is 0 Å². The number of halogens is 1. The minimum atomic E-state index is -3.71. The van der Waals surface area contributed by atoms with E-state index in [1.54, 1.807) is 13.8 Å². The van der Waals surface area contributed by atoms with E-state index in [0.29, 0.717) is 16.9 Å². The Morgan fingerprint density at radius 1 is 1.38 bits per heavy atom. The molecule has 0 atom stereocenters. The van der Waals surface area contributed by atoms with Gasteiger partial charge in [-0.3, -0.25) is 0 Å². The maximum absolute atomic E-state index is 11.2. The Morgan fingerprint density at radius 3 is 2.25 bits per heavy atom. The van der Waals surface area contributed by atoms with Crippen molar-refractivity contribution in [3.05, 3.63) is 23.3 Å². The molecule has 0 saturated heterocycles. The number of hydrogen-bond donors (Lipinski definition) is 0. The summed E-state index contributed by atoms with van der Waals surface area (Å²) < 4.78 is 27.6. The summed E-state index contributed by atoms with van der Waals surface area (Å²) in [6, 6.07) is 2.92. The Morgan fingerprint density at radius 2 is 1.88 bits per heavy atom. The minimum absolute atomic E-state index is 0.0669. The van der Waals surface area contributed by atoms with Crippen LogP contribution in [0.3, 0.4) is 0 Å². The van der Waals surface area contributed by atoms with E-state index in [0.717, 1.165) is 0 Å². The van der Waals surface area contributed by atoms with Gasteiger partial charge in [-0.15, -0.1) is 6.42 Å². The number of aryl methyl sites for hydroxylation is 2. The lowest BCUT2D eigenvalue weighted by molar-refractivity contribution is 0.364. The van der Waals surface area contributed by atoms with Gasteiger partial charge in [-0.1, -0.05) is 5.92 Å². The van der Waals surface area contributed by atoms with Gasteiger partial charge in [-0.05, 0) is 37.1 Å². The molecule has 0 N–H and O–H groups in total. The largest absolute Gasteiger partial charge is 0.480 e. The van der Waals surface area contributed by atoms with Crippen molar-refractivity contribution in [1.29, 1.82) is 0 Å². The molecule has 1 aromatic carbocycles. The van der Waals surface area contributed by atoms with Gasteiger partial charge in [0.25, 0.3) is 9.05 Å². The van der Waals surface area contributed by atoms with Crippen LogP contribution in [0.4, 0.5) is 0 Å². The predicted octanol–water partition coefficient (Wildman–Crippen LogP) is 2.24. The summed E-state index contributed by atoms with van der Waals surface area (Å²) in [5.41, 5.74) is 1.38. The van der Waals surface area contributed by atoms with Crippen LogP contribution in [0.2, 0.25) is 0 Å². The van der Waals surface area contributed by atoms with Crippen molar-refractivity contribution in [2.75, 3.05) is 6.61 Å². The molecule has 0 aromatic heterocycles. The number of rotatable bonds is 3. The molecule has 0 spiro atoms. The SMILES string of the molecule is C#CCOc1c(C)cc(S(=O)(=O)Cl)cc1C. The second kappa shape index (κ2) is 4.77. The molecular weight excluding hydrogens is 248 g/mol. The zero-order valence-corrected chi connectivity index (χ0v) is 10.5. The van der Waals surface area contributed by atoms with E-state index in [1.807, 2.05) is 0 Å². The molecule has 0 bridgehead atoms. The van der Waals surface area contributed by atoms with Gasteiger partial charge in [0.05, 0.1) is 4.90 Å². The Hall–Kier alpha value is -1.18. The predicted molar refractivity (Wildman–Crippen MR) is 63.3 cm³/mol. The molecule has 0 amide bonds. The van der Waals surface area contributed by atoms with Crippen LogP contribution >= 0.6 is 10.7 Å². The normalized spacial score (nSPS) is 10.9. The Labute approximate surface area is 99.8 Å². The van der Waals surface area contributed by atoms with Gasteiger partial charge < -0.3 is 4.74 Å². The molecule has 0 unspecified atom stereocenters. The van der Waals surface area contributed by atoms with E-state index in [9.17, 15) is 8.42 Å². The fraction of sp³-hybridized carbons (Fsp3) is 0.273. The topological polar surface area (TPSA) is 43.4 Å². The molecule has 16 heavy (non-hydrogen) atoms. The standard InChI is InChI=1S/C11H11ClO3S/c1-4-5-15-11-8(2)6-10(7-9(11)3)16(12,13)14/h1,6-7H,5H2,2-3H3. The Balaban J connectivity index is 3.24. The number of benzene rings is 1. The molecule has 0 radical (unpaired) electrons. The quantitative estimate of drug-likeness (QED) is 0.617. The zero-order valence-electron chi connectivity index (χ0n) is 8.95. The molecule has 0 saturated carbocycles. The van der Waals surface area contributed by atoms with Gasteiger partial charge in [-0.2, -0.15) is 0 Å². The van der Waals surface area contributed by atoms with Crippen molar-refractivity contribution >= 4 is 19.7 Å². The van der Waals surface area contributed by atoms with Crippen LogP contribution in [0.1, 0.15) is 11.1 Å². The lowest BCUT2D eigenvalue weighted by atomic mass is 10.1. The summed E-state index contributed by atoms with van der Waals surface area (Å²) in [5, 5.41) is 0. The third-order valence-corrected chi connectivity index (χ3v) is 3.35. The van der Waals surface area contributed by atoms with Gasteiger partial charge >= 0.3 is 0 Å². The van der Waals surface area contributed by atoms with Crippen LogP contribution < -0.4 is 4.74 Å². The molecule has 0 fully saturated rings. The Bertz CT molecular complexity index is 518. The maximum Gasteiger partial charge on any atom is 0.261 e. The van der Waals surface area contributed by atoms with Crippen molar-refractivity contribution in [2.24, 2.45) is 0 Å². The zero-order chi connectivity index (χ0) is 12.3. The van der Waals surface area contributed by atoms with Gasteiger partial charge in [0, 0.05) is 10.7 Å². The van der Waals surface area contributed by atoms with E-state index in [-0.39, 0.29) is 11.5 Å². The molecule has 0 heterocycles.